The maximum Gasteiger partial charge on any atom is 0.0968 e. The van der Waals surface area contributed by atoms with Crippen molar-refractivity contribution in [1.82, 2.24) is 14.5 Å². The van der Waals surface area contributed by atoms with Crippen molar-refractivity contribution in [2.24, 2.45) is 7.05 Å². The molecule has 0 aromatic carbocycles. The molecule has 1 saturated heterocycles. The minimum absolute atomic E-state index is 0.638. The molecular weight excluding hydrogens is 242 g/mol. The zero-order valence-corrected chi connectivity index (χ0v) is 11.6. The molecule has 0 amide bonds. The molecule has 1 aliphatic heterocycles. The van der Waals surface area contributed by atoms with Crippen LogP contribution in [0.4, 0.5) is 0 Å². The van der Waals surface area contributed by atoms with Crippen LogP contribution in [-0.2, 0) is 13.6 Å². The van der Waals surface area contributed by atoms with Crippen LogP contribution in [0.3, 0.4) is 0 Å². The zero-order valence-electron chi connectivity index (χ0n) is 10.7. The predicted molar refractivity (Wildman–Crippen MR) is 74.8 cm³/mol. The molecule has 1 atom stereocenters. The molecule has 2 aromatic heterocycles. The van der Waals surface area contributed by atoms with E-state index in [0.717, 1.165) is 13.1 Å². The van der Waals surface area contributed by atoms with E-state index >= 15 is 0 Å². The average Bonchev–Trinajstić information content (AvgIpc) is 3.02. The first-order chi connectivity index (χ1) is 8.83. The summed E-state index contributed by atoms with van der Waals surface area (Å²) >= 11 is 1.80. The second-order valence-corrected chi connectivity index (χ2v) is 5.98. The first-order valence-corrected chi connectivity index (χ1v) is 7.43. The number of rotatable bonds is 3. The van der Waals surface area contributed by atoms with Crippen molar-refractivity contribution in [3.05, 3.63) is 40.6 Å². The molecule has 0 unspecified atom stereocenters. The van der Waals surface area contributed by atoms with Crippen molar-refractivity contribution in [1.29, 1.82) is 0 Å². The summed E-state index contributed by atoms with van der Waals surface area (Å²) in [6.07, 6.45) is 6.62. The number of hydrogen-bond donors (Lipinski definition) is 0. The van der Waals surface area contributed by atoms with Gasteiger partial charge in [-0.15, -0.1) is 11.3 Å². The second-order valence-electron chi connectivity index (χ2n) is 5.06. The topological polar surface area (TPSA) is 21.1 Å². The van der Waals surface area contributed by atoms with Gasteiger partial charge in [-0.25, -0.2) is 4.98 Å². The number of hydrogen-bond acceptors (Lipinski definition) is 3. The Bertz CT molecular complexity index is 489. The Hall–Kier alpha value is -1.13. The fraction of sp³-hybridized carbons (Fsp3) is 0.500. The monoisotopic (exact) mass is 261 g/mol. The number of aryl methyl sites for hydroxylation is 1. The Balaban J connectivity index is 1.66. The standard InChI is InChI=1S/C14H19N3S/c1-16-7-3-5-13(16)11-17-8-2-4-12(10-17)14-15-6-9-18-14/h3,5-7,9,12H,2,4,8,10-11H2,1H3/t12-/m0/s1. The lowest BCUT2D eigenvalue weighted by Gasteiger charge is -2.31. The van der Waals surface area contributed by atoms with Gasteiger partial charge in [0.1, 0.15) is 0 Å². The molecule has 0 aliphatic carbocycles. The van der Waals surface area contributed by atoms with Gasteiger partial charge in [0.2, 0.25) is 0 Å². The van der Waals surface area contributed by atoms with Crippen molar-refractivity contribution >= 4 is 11.3 Å². The van der Waals surface area contributed by atoms with Gasteiger partial charge < -0.3 is 4.57 Å². The summed E-state index contributed by atoms with van der Waals surface area (Å²) in [6, 6.07) is 4.34. The summed E-state index contributed by atoms with van der Waals surface area (Å²) < 4.78 is 2.22. The lowest BCUT2D eigenvalue weighted by Crippen LogP contribution is -2.34. The molecule has 3 nitrogen and oxygen atoms in total. The highest BCUT2D eigenvalue weighted by molar-refractivity contribution is 7.09. The maximum atomic E-state index is 4.48. The van der Waals surface area contributed by atoms with E-state index in [1.54, 1.807) is 11.3 Å². The molecule has 0 spiro atoms. The van der Waals surface area contributed by atoms with E-state index in [0.29, 0.717) is 5.92 Å². The number of piperidine rings is 1. The van der Waals surface area contributed by atoms with Crippen LogP contribution >= 0.6 is 11.3 Å². The Morgan fingerprint density at radius 1 is 1.50 bits per heavy atom. The van der Waals surface area contributed by atoms with Crippen LogP contribution in [0.1, 0.15) is 29.5 Å². The number of thiazole rings is 1. The van der Waals surface area contributed by atoms with Crippen LogP contribution in [0.5, 0.6) is 0 Å². The summed E-state index contributed by atoms with van der Waals surface area (Å²) in [4.78, 5) is 7.04. The van der Waals surface area contributed by atoms with Gasteiger partial charge in [-0.2, -0.15) is 0 Å². The SMILES string of the molecule is Cn1cccc1CN1CCC[C@H](c2nccs2)C1. The second kappa shape index (κ2) is 5.24. The third-order valence-electron chi connectivity index (χ3n) is 3.74. The molecule has 3 rings (SSSR count). The van der Waals surface area contributed by atoms with Crippen LogP contribution in [-0.4, -0.2) is 27.5 Å². The van der Waals surface area contributed by atoms with Crippen LogP contribution in [0, 0.1) is 0 Å². The lowest BCUT2D eigenvalue weighted by molar-refractivity contribution is 0.196. The molecule has 0 radical (unpaired) electrons. The highest BCUT2D eigenvalue weighted by Gasteiger charge is 2.23. The quantitative estimate of drug-likeness (QED) is 0.847. The van der Waals surface area contributed by atoms with Crippen molar-refractivity contribution in [3.63, 3.8) is 0 Å². The van der Waals surface area contributed by atoms with Gasteiger partial charge in [-0.1, -0.05) is 0 Å². The van der Waals surface area contributed by atoms with Gasteiger partial charge in [0.25, 0.3) is 0 Å². The summed E-state index contributed by atoms with van der Waals surface area (Å²) in [6.45, 7) is 3.43. The molecule has 3 heterocycles. The molecule has 1 aliphatic rings. The van der Waals surface area contributed by atoms with Crippen molar-refractivity contribution in [2.75, 3.05) is 13.1 Å². The zero-order chi connectivity index (χ0) is 12.4. The molecule has 0 bridgehead atoms. The molecule has 2 aromatic rings. The third-order valence-corrected chi connectivity index (χ3v) is 4.68. The third kappa shape index (κ3) is 2.49. The molecular formula is C14H19N3S. The highest BCUT2D eigenvalue weighted by atomic mass is 32.1. The van der Waals surface area contributed by atoms with Gasteiger partial charge in [-0.05, 0) is 31.5 Å². The van der Waals surface area contributed by atoms with Crippen molar-refractivity contribution in [3.8, 4) is 0 Å². The normalized spacial score (nSPS) is 21.3. The van der Waals surface area contributed by atoms with E-state index in [1.165, 1.54) is 30.1 Å². The van der Waals surface area contributed by atoms with E-state index in [9.17, 15) is 0 Å². The Labute approximate surface area is 112 Å². The highest BCUT2D eigenvalue weighted by Crippen LogP contribution is 2.28. The fourth-order valence-electron chi connectivity index (χ4n) is 2.73. The van der Waals surface area contributed by atoms with E-state index in [2.05, 4.69) is 45.2 Å². The van der Waals surface area contributed by atoms with Gasteiger partial charge in [0.15, 0.2) is 0 Å². The molecule has 18 heavy (non-hydrogen) atoms. The summed E-state index contributed by atoms with van der Waals surface area (Å²) in [5.41, 5.74) is 1.40. The van der Waals surface area contributed by atoms with Crippen molar-refractivity contribution < 1.29 is 0 Å². The number of nitrogens with zero attached hydrogens (tertiary/aromatic N) is 3. The summed E-state index contributed by atoms with van der Waals surface area (Å²) in [5, 5.41) is 3.40. The van der Waals surface area contributed by atoms with Crippen LogP contribution in [0.2, 0.25) is 0 Å². The first-order valence-electron chi connectivity index (χ1n) is 6.55. The smallest absolute Gasteiger partial charge is 0.0968 e. The van der Waals surface area contributed by atoms with Gasteiger partial charge in [-0.3, -0.25) is 4.90 Å². The Kier molecular flexibility index (Phi) is 3.48. The number of aromatic nitrogens is 2. The predicted octanol–water partition coefficient (Wildman–Crippen LogP) is 2.86. The molecule has 96 valence electrons. The molecule has 4 heteroatoms. The first kappa shape index (κ1) is 11.9. The van der Waals surface area contributed by atoms with E-state index in [4.69, 9.17) is 0 Å². The fourth-order valence-corrected chi connectivity index (χ4v) is 3.49. The van der Waals surface area contributed by atoms with E-state index in [1.807, 2.05) is 6.20 Å². The minimum atomic E-state index is 0.638. The number of likely N-dealkylation sites (tertiary alicyclic amines) is 1. The lowest BCUT2D eigenvalue weighted by atomic mass is 9.98. The molecule has 0 N–H and O–H groups in total. The summed E-state index contributed by atoms with van der Waals surface area (Å²) in [7, 11) is 2.12. The largest absolute Gasteiger partial charge is 0.353 e. The maximum absolute atomic E-state index is 4.48. The average molecular weight is 261 g/mol. The van der Waals surface area contributed by atoms with Crippen molar-refractivity contribution in [2.45, 2.75) is 25.3 Å². The van der Waals surface area contributed by atoms with E-state index in [-0.39, 0.29) is 0 Å². The van der Waals surface area contributed by atoms with Crippen LogP contribution in [0.25, 0.3) is 0 Å². The molecule has 1 fully saturated rings. The Morgan fingerprint density at radius 3 is 3.17 bits per heavy atom. The van der Waals surface area contributed by atoms with Crippen LogP contribution < -0.4 is 0 Å². The van der Waals surface area contributed by atoms with Gasteiger partial charge in [0, 0.05) is 49.5 Å². The van der Waals surface area contributed by atoms with Gasteiger partial charge in [0.05, 0.1) is 5.01 Å². The Morgan fingerprint density at radius 2 is 2.44 bits per heavy atom. The van der Waals surface area contributed by atoms with Crippen LogP contribution in [0.15, 0.2) is 29.9 Å². The molecule has 0 saturated carbocycles. The summed E-state index contributed by atoms with van der Waals surface area (Å²) in [5.74, 6) is 0.638. The van der Waals surface area contributed by atoms with E-state index < -0.39 is 0 Å². The minimum Gasteiger partial charge on any atom is -0.353 e. The van der Waals surface area contributed by atoms with Gasteiger partial charge >= 0.3 is 0 Å².